The van der Waals surface area contributed by atoms with Crippen molar-refractivity contribution in [3.05, 3.63) is 35.9 Å². The molecule has 8 amide bonds. The maximum absolute atomic E-state index is 12.8. The van der Waals surface area contributed by atoms with Crippen LogP contribution in [-0.2, 0) is 54.4 Å². The Morgan fingerprint density at radius 3 is 1.00 bits per heavy atom. The number of amides is 8. The van der Waals surface area contributed by atoms with Gasteiger partial charge in [0.25, 0.3) is 0 Å². The molecule has 0 aliphatic rings. The zero-order valence-electron chi connectivity index (χ0n) is 33.8. The Bertz CT molecular complexity index is 1550. The first kappa shape index (κ1) is 47.3. The van der Waals surface area contributed by atoms with Crippen LogP contribution in [0.2, 0.25) is 0 Å². The molecule has 55 heavy (non-hydrogen) atoms. The molecule has 0 aliphatic heterocycles. The lowest BCUT2D eigenvalue weighted by atomic mass is 10.2. The minimum atomic E-state index is -0.749. The highest BCUT2D eigenvalue weighted by atomic mass is 16.6. The average molecular weight is 777 g/mol. The highest BCUT2D eigenvalue weighted by molar-refractivity contribution is 5.93. The number of carbonyl (C=O) groups excluding carboxylic acids is 9. The standard InChI is InChI=1S/C36H56N8O11/c1-36(2,3)55-35(53)44(11)23-33(51)42(9)21-31(49)40(7)19-29(47)38(5)17-27(45)37(4)18-28(46)39(6)20-30(48)41(8)22-32(50)43(10)24-34(52)54-25-26-15-13-12-14-16-26/h12-16H,17-25H2,1-11H3. The highest BCUT2D eigenvalue weighted by Crippen LogP contribution is 2.09. The SMILES string of the molecule is CN(CC(=O)OCc1ccccc1)C(=O)CN(C)C(=O)CN(C)C(=O)CN(C)C(=O)CN(C)C(=O)CN(C)C(=O)CN(C)C(=O)CN(C)C(=O)OC(C)(C)C. The number of carbonyl (C=O) groups is 9. The summed E-state index contributed by atoms with van der Waals surface area (Å²) in [6.07, 6.45) is -0.701. The van der Waals surface area contributed by atoms with Gasteiger partial charge in [0.2, 0.25) is 41.4 Å². The third-order valence-corrected chi connectivity index (χ3v) is 7.90. The Kier molecular flexibility index (Phi) is 18.8. The maximum atomic E-state index is 12.8. The first-order chi connectivity index (χ1) is 25.4. The van der Waals surface area contributed by atoms with E-state index in [9.17, 15) is 43.2 Å². The van der Waals surface area contributed by atoms with Crippen molar-refractivity contribution < 1.29 is 52.6 Å². The van der Waals surface area contributed by atoms with Gasteiger partial charge in [0.1, 0.15) is 25.3 Å². The molecule has 0 saturated carbocycles. The van der Waals surface area contributed by atoms with E-state index in [1.807, 2.05) is 6.07 Å². The van der Waals surface area contributed by atoms with E-state index in [0.717, 1.165) is 44.8 Å². The van der Waals surface area contributed by atoms with Crippen LogP contribution in [0.25, 0.3) is 0 Å². The van der Waals surface area contributed by atoms with Crippen LogP contribution in [0, 0.1) is 0 Å². The number of hydrogen-bond acceptors (Lipinski definition) is 11. The van der Waals surface area contributed by atoms with Crippen LogP contribution in [0.5, 0.6) is 0 Å². The molecule has 0 spiro atoms. The fourth-order valence-electron chi connectivity index (χ4n) is 4.26. The van der Waals surface area contributed by atoms with E-state index in [0.29, 0.717) is 0 Å². The van der Waals surface area contributed by atoms with Crippen LogP contribution in [0.4, 0.5) is 4.79 Å². The van der Waals surface area contributed by atoms with Gasteiger partial charge < -0.3 is 48.7 Å². The number of esters is 1. The van der Waals surface area contributed by atoms with Gasteiger partial charge in [0.05, 0.1) is 39.3 Å². The summed E-state index contributed by atoms with van der Waals surface area (Å²) in [6, 6.07) is 9.04. The maximum Gasteiger partial charge on any atom is 0.410 e. The van der Waals surface area contributed by atoms with Crippen molar-refractivity contribution in [3.63, 3.8) is 0 Å². The van der Waals surface area contributed by atoms with Gasteiger partial charge in [-0.3, -0.25) is 38.4 Å². The van der Waals surface area contributed by atoms with Gasteiger partial charge >= 0.3 is 12.1 Å². The molecule has 19 heteroatoms. The fraction of sp³-hybridized carbons (Fsp3) is 0.583. The van der Waals surface area contributed by atoms with Gasteiger partial charge in [-0.25, -0.2) is 4.79 Å². The summed E-state index contributed by atoms with van der Waals surface area (Å²) in [4.78, 5) is 122. The molecule has 1 rings (SSSR count). The van der Waals surface area contributed by atoms with Gasteiger partial charge in [-0.2, -0.15) is 0 Å². The first-order valence-electron chi connectivity index (χ1n) is 17.2. The number of rotatable bonds is 18. The average Bonchev–Trinajstić information content (AvgIpc) is 3.09. The topological polar surface area (TPSA) is 198 Å². The van der Waals surface area contributed by atoms with Crippen LogP contribution in [0.3, 0.4) is 0 Å². The van der Waals surface area contributed by atoms with Crippen LogP contribution >= 0.6 is 0 Å². The van der Waals surface area contributed by atoms with Crippen LogP contribution in [0.1, 0.15) is 26.3 Å². The number of ether oxygens (including phenoxy) is 2. The second kappa shape index (κ2) is 21.8. The van der Waals surface area contributed by atoms with Gasteiger partial charge in [-0.15, -0.1) is 0 Å². The van der Waals surface area contributed by atoms with Crippen LogP contribution in [0.15, 0.2) is 30.3 Å². The molecular formula is C36H56N8O11. The van der Waals surface area contributed by atoms with Crippen molar-refractivity contribution in [2.24, 2.45) is 0 Å². The van der Waals surface area contributed by atoms with Crippen molar-refractivity contribution in [3.8, 4) is 0 Å². The van der Waals surface area contributed by atoms with E-state index in [1.165, 1.54) is 56.4 Å². The van der Waals surface area contributed by atoms with Crippen molar-refractivity contribution in [2.75, 3.05) is 109 Å². The molecule has 0 fully saturated rings. The minimum Gasteiger partial charge on any atom is -0.459 e. The summed E-state index contributed by atoms with van der Waals surface area (Å²) in [5.41, 5.74) is 0.0444. The van der Waals surface area contributed by atoms with Gasteiger partial charge in [0.15, 0.2) is 0 Å². The third kappa shape index (κ3) is 17.8. The molecule has 0 heterocycles. The van der Waals surface area contributed by atoms with Gasteiger partial charge in [-0.05, 0) is 26.3 Å². The summed E-state index contributed by atoms with van der Waals surface area (Å²) >= 11 is 0. The lowest BCUT2D eigenvalue weighted by Crippen LogP contribution is -2.49. The molecule has 0 N–H and O–H groups in total. The molecule has 1 aromatic carbocycles. The summed E-state index contributed by atoms with van der Waals surface area (Å²) < 4.78 is 10.4. The number of nitrogens with zero attached hydrogens (tertiary/aromatic N) is 8. The molecule has 0 aromatic heterocycles. The van der Waals surface area contributed by atoms with Crippen LogP contribution in [-0.4, -0.2) is 207 Å². The second-order valence-electron chi connectivity index (χ2n) is 14.2. The second-order valence-corrected chi connectivity index (χ2v) is 14.2. The molecule has 0 saturated heterocycles. The lowest BCUT2D eigenvalue weighted by molar-refractivity contribution is -0.150. The number of hydrogen-bond donors (Lipinski definition) is 0. The van der Waals surface area contributed by atoms with Crippen LogP contribution < -0.4 is 0 Å². The zero-order valence-corrected chi connectivity index (χ0v) is 33.8. The Hall–Kier alpha value is -5.75. The summed E-state index contributed by atoms with van der Waals surface area (Å²) in [5.74, 6) is -4.56. The van der Waals surface area contributed by atoms with E-state index in [-0.39, 0.29) is 32.8 Å². The Balaban J connectivity index is 2.51. The van der Waals surface area contributed by atoms with Crippen molar-refractivity contribution >= 4 is 53.4 Å². The van der Waals surface area contributed by atoms with Crippen molar-refractivity contribution in [1.29, 1.82) is 0 Å². The molecule has 0 unspecified atom stereocenters. The quantitative estimate of drug-likeness (QED) is 0.163. The predicted molar refractivity (Wildman–Crippen MR) is 199 cm³/mol. The number of likely N-dealkylation sites (N-methyl/N-ethyl adjacent to an activating group) is 8. The first-order valence-corrected chi connectivity index (χ1v) is 17.2. The van der Waals surface area contributed by atoms with E-state index >= 15 is 0 Å². The Morgan fingerprint density at radius 1 is 0.436 bits per heavy atom. The van der Waals surface area contributed by atoms with E-state index < -0.39 is 85.2 Å². The smallest absolute Gasteiger partial charge is 0.410 e. The third-order valence-electron chi connectivity index (χ3n) is 7.90. The molecule has 0 bridgehead atoms. The van der Waals surface area contributed by atoms with Gasteiger partial charge in [0, 0.05) is 56.4 Å². The van der Waals surface area contributed by atoms with Crippen molar-refractivity contribution in [1.82, 2.24) is 39.2 Å². The Labute approximate surface area is 322 Å². The Morgan fingerprint density at radius 2 is 0.709 bits per heavy atom. The fourth-order valence-corrected chi connectivity index (χ4v) is 4.26. The minimum absolute atomic E-state index is 0.0557. The summed E-state index contributed by atoms with van der Waals surface area (Å²) in [6.45, 7) is 2.12. The molecule has 0 radical (unpaired) electrons. The van der Waals surface area contributed by atoms with E-state index in [4.69, 9.17) is 9.47 Å². The van der Waals surface area contributed by atoms with E-state index in [2.05, 4.69) is 0 Å². The largest absolute Gasteiger partial charge is 0.459 e. The van der Waals surface area contributed by atoms with E-state index in [1.54, 1.807) is 45.0 Å². The normalized spacial score (nSPS) is 10.7. The highest BCUT2D eigenvalue weighted by Gasteiger charge is 2.26. The molecular weight excluding hydrogens is 720 g/mol. The number of benzene rings is 1. The van der Waals surface area contributed by atoms with Crippen molar-refractivity contribution in [2.45, 2.75) is 33.0 Å². The predicted octanol–water partition coefficient (Wildman–Crippen LogP) is -1.19. The molecule has 0 atom stereocenters. The summed E-state index contributed by atoms with van der Waals surface area (Å²) in [5, 5.41) is 0. The lowest BCUT2D eigenvalue weighted by Gasteiger charge is -2.27. The summed E-state index contributed by atoms with van der Waals surface area (Å²) in [7, 11) is 11.0. The monoisotopic (exact) mass is 776 g/mol. The van der Waals surface area contributed by atoms with Gasteiger partial charge in [-0.1, -0.05) is 30.3 Å². The molecule has 1 aromatic rings. The molecule has 19 nitrogen and oxygen atoms in total. The molecule has 0 aliphatic carbocycles. The zero-order chi connectivity index (χ0) is 42.2. The molecule has 306 valence electrons.